The van der Waals surface area contributed by atoms with Crippen molar-refractivity contribution < 1.29 is 34.2 Å². The quantitative estimate of drug-likeness (QED) is 0.340. The molecule has 8 heteroatoms. The molecule has 1 spiro atoms. The monoisotopic (exact) mass is 475 g/mol. The summed E-state index contributed by atoms with van der Waals surface area (Å²) in [4.78, 5) is 12.9. The normalized spacial score (nSPS) is 43.0. The Kier molecular flexibility index (Phi) is 5.87. The molecule has 0 amide bonds. The number of aromatic hydroxyl groups is 1. The van der Waals surface area contributed by atoms with Gasteiger partial charge in [0.1, 0.15) is 23.3 Å². The molecule has 2 saturated carbocycles. The van der Waals surface area contributed by atoms with E-state index in [4.69, 9.17) is 9.47 Å². The number of carbonyl (C=O) groups excluding carboxylic acids is 1. The van der Waals surface area contributed by atoms with Gasteiger partial charge in [0.05, 0.1) is 20.2 Å². The lowest BCUT2D eigenvalue weighted by atomic mass is 9.44. The summed E-state index contributed by atoms with van der Waals surface area (Å²) in [6.07, 6.45) is 2.57. The van der Waals surface area contributed by atoms with E-state index >= 15 is 0 Å². The van der Waals surface area contributed by atoms with E-state index in [0.29, 0.717) is 63.8 Å². The Morgan fingerprint density at radius 1 is 1.26 bits per heavy atom. The number of phenols is 1. The number of esters is 1. The topological polar surface area (TPSA) is 119 Å². The second-order valence-corrected chi connectivity index (χ2v) is 11.1. The molecule has 34 heavy (non-hydrogen) atoms. The molecule has 1 unspecified atom stereocenters. The van der Waals surface area contributed by atoms with Gasteiger partial charge in [-0.25, -0.2) is 0 Å². The third-order valence-electron chi connectivity index (χ3n) is 9.41. The van der Waals surface area contributed by atoms with Crippen LogP contribution in [0, 0.1) is 23.0 Å². The third kappa shape index (κ3) is 3.29. The lowest BCUT2D eigenvalue weighted by molar-refractivity contribution is -0.963. The summed E-state index contributed by atoms with van der Waals surface area (Å²) in [5.74, 6) is -0.645. The van der Waals surface area contributed by atoms with Gasteiger partial charge < -0.3 is 34.6 Å². The van der Waals surface area contributed by atoms with Gasteiger partial charge in [-0.2, -0.15) is 0 Å². The number of nitrogens with zero attached hydrogens (tertiary/aromatic N) is 1. The summed E-state index contributed by atoms with van der Waals surface area (Å²) >= 11 is 0. The van der Waals surface area contributed by atoms with Gasteiger partial charge in [-0.3, -0.25) is 4.79 Å². The minimum Gasteiger partial charge on any atom is -0.632 e. The average Bonchev–Trinajstić information content (AvgIpc) is 2.79. The Balaban J connectivity index is 1.38. The van der Waals surface area contributed by atoms with E-state index in [1.807, 2.05) is 0 Å². The summed E-state index contributed by atoms with van der Waals surface area (Å²) in [7, 11) is 1.47. The predicted octanol–water partition coefficient (Wildman–Crippen LogP) is 2.65. The Labute approximate surface area is 200 Å². The molecular weight excluding hydrogens is 438 g/mol. The van der Waals surface area contributed by atoms with Crippen LogP contribution in [0.25, 0.3) is 0 Å². The van der Waals surface area contributed by atoms with Crippen LogP contribution in [0.5, 0.6) is 11.5 Å². The van der Waals surface area contributed by atoms with E-state index < -0.39 is 39.9 Å². The van der Waals surface area contributed by atoms with Crippen molar-refractivity contribution in [3.8, 4) is 11.5 Å². The number of ether oxygens (including phenoxy) is 2. The number of aliphatic hydroxyl groups is 2. The van der Waals surface area contributed by atoms with Gasteiger partial charge in [-0.15, -0.1) is 0 Å². The van der Waals surface area contributed by atoms with Gasteiger partial charge in [0, 0.05) is 24.7 Å². The number of hydrogen-bond donors (Lipinski definition) is 3. The zero-order valence-corrected chi connectivity index (χ0v) is 20.1. The van der Waals surface area contributed by atoms with Crippen molar-refractivity contribution in [3.05, 3.63) is 29.0 Å². The number of quaternary nitrogens is 1. The first-order valence-electron chi connectivity index (χ1n) is 12.7. The highest BCUT2D eigenvalue weighted by Crippen LogP contribution is 2.65. The van der Waals surface area contributed by atoms with E-state index in [1.165, 1.54) is 13.2 Å². The molecule has 2 bridgehead atoms. The molecule has 4 fully saturated rings. The highest BCUT2D eigenvalue weighted by molar-refractivity contribution is 5.70. The zero-order valence-electron chi connectivity index (χ0n) is 20.1. The van der Waals surface area contributed by atoms with Gasteiger partial charge in [0.2, 0.25) is 0 Å². The van der Waals surface area contributed by atoms with Crippen LogP contribution in [0.2, 0.25) is 0 Å². The number of carbonyl (C=O) groups is 1. The molecule has 2 heterocycles. The minimum atomic E-state index is -1.22. The van der Waals surface area contributed by atoms with E-state index in [0.717, 1.165) is 5.56 Å². The zero-order chi connectivity index (χ0) is 24.3. The molecule has 2 saturated heterocycles. The third-order valence-corrected chi connectivity index (χ3v) is 9.41. The van der Waals surface area contributed by atoms with Crippen LogP contribution in [0.3, 0.4) is 0 Å². The second-order valence-electron chi connectivity index (χ2n) is 11.1. The van der Waals surface area contributed by atoms with Crippen LogP contribution in [-0.4, -0.2) is 69.5 Å². The van der Waals surface area contributed by atoms with Gasteiger partial charge >= 0.3 is 5.97 Å². The number of benzene rings is 1. The number of aryl methyl sites for hydroxylation is 1. The average molecular weight is 476 g/mol. The number of piperidine rings is 2. The maximum atomic E-state index is 14.1. The fourth-order valence-electron chi connectivity index (χ4n) is 8.17. The molecule has 2 aliphatic carbocycles. The fraction of sp³-hybridized carbons (Fsp3) is 0.731. The van der Waals surface area contributed by atoms with Gasteiger partial charge in [-0.05, 0) is 62.1 Å². The number of methoxy groups -OCH3 is 1. The van der Waals surface area contributed by atoms with E-state index in [9.17, 15) is 25.3 Å². The molecule has 4 aliphatic rings. The summed E-state index contributed by atoms with van der Waals surface area (Å²) in [6.45, 7) is 3.10. The van der Waals surface area contributed by atoms with Crippen LogP contribution in [0.4, 0.5) is 0 Å². The highest BCUT2D eigenvalue weighted by Gasteiger charge is 2.77. The van der Waals surface area contributed by atoms with Crippen molar-refractivity contribution in [2.24, 2.45) is 17.8 Å². The lowest BCUT2D eigenvalue weighted by Crippen LogP contribution is -2.87. The first-order chi connectivity index (χ1) is 16.1. The number of rotatable bonds is 5. The Bertz CT molecular complexity index is 951. The summed E-state index contributed by atoms with van der Waals surface area (Å²) in [5.41, 5.74) is -1.30. The molecule has 8 atom stereocenters. The Morgan fingerprint density at radius 3 is 2.79 bits per heavy atom. The highest BCUT2D eigenvalue weighted by atomic mass is 16.6. The molecule has 2 aliphatic heterocycles. The van der Waals surface area contributed by atoms with Gasteiger partial charge in [0.15, 0.2) is 11.5 Å². The van der Waals surface area contributed by atoms with Crippen LogP contribution in [0.1, 0.15) is 57.4 Å². The maximum Gasteiger partial charge on any atom is 0.306 e. The molecule has 8 nitrogen and oxygen atoms in total. The number of hydrogen-bond acceptors (Lipinski definition) is 7. The van der Waals surface area contributed by atoms with Crippen molar-refractivity contribution in [3.63, 3.8) is 0 Å². The molecule has 0 radical (unpaired) electrons. The Hall–Kier alpha value is -1.87. The molecule has 188 valence electrons. The van der Waals surface area contributed by atoms with Crippen molar-refractivity contribution in [2.45, 2.75) is 81.6 Å². The van der Waals surface area contributed by atoms with Gasteiger partial charge in [-0.1, -0.05) is 13.0 Å². The first-order valence-corrected chi connectivity index (χ1v) is 12.7. The van der Waals surface area contributed by atoms with Crippen molar-refractivity contribution in [1.82, 2.24) is 0 Å². The number of aliphatic hydroxyl groups excluding tert-OH is 1. The van der Waals surface area contributed by atoms with E-state index in [2.05, 4.69) is 6.92 Å². The molecule has 5 rings (SSSR count). The molecule has 1 aromatic carbocycles. The summed E-state index contributed by atoms with van der Waals surface area (Å²) < 4.78 is 10.7. The lowest BCUT2D eigenvalue weighted by Gasteiger charge is -2.76. The predicted molar refractivity (Wildman–Crippen MR) is 124 cm³/mol. The summed E-state index contributed by atoms with van der Waals surface area (Å²) in [6, 6.07) is 4.95. The molecule has 0 aromatic heterocycles. The maximum absolute atomic E-state index is 14.1. The second kappa shape index (κ2) is 8.36. The minimum absolute atomic E-state index is 0.0371. The first kappa shape index (κ1) is 23.9. The van der Waals surface area contributed by atoms with Crippen LogP contribution < -0.4 is 4.74 Å². The van der Waals surface area contributed by atoms with Crippen molar-refractivity contribution in [2.75, 3.05) is 20.2 Å². The fourth-order valence-corrected chi connectivity index (χ4v) is 8.17. The van der Waals surface area contributed by atoms with E-state index in [1.54, 1.807) is 12.1 Å². The smallest absolute Gasteiger partial charge is 0.306 e. The van der Waals surface area contributed by atoms with Crippen molar-refractivity contribution >= 4 is 5.97 Å². The van der Waals surface area contributed by atoms with Crippen LogP contribution in [0.15, 0.2) is 18.2 Å². The SMILES string of the molecule is COc1cc(CCC(=O)O[C@@H]2[C@@H](O)[C@H]3CCC[N+]4([O-])CCC[C@]5(O)[C@H]2C[C@@H](C)C[C@]354)ccc1O. The molecule has 1 aromatic rings. The molecule has 3 N–H and O–H groups in total. The van der Waals surface area contributed by atoms with Gasteiger partial charge in [0.25, 0.3) is 0 Å². The number of hydroxylamine groups is 3. The Morgan fingerprint density at radius 2 is 2.03 bits per heavy atom. The largest absolute Gasteiger partial charge is 0.632 e. The number of phenolic OH excluding ortho intramolecular Hbond substituents is 1. The molecular formula is C26H37NO7. The van der Waals surface area contributed by atoms with Crippen molar-refractivity contribution in [1.29, 1.82) is 0 Å². The van der Waals surface area contributed by atoms with E-state index in [-0.39, 0.29) is 24.0 Å². The summed E-state index contributed by atoms with van der Waals surface area (Å²) in [5, 5.41) is 47.6. The standard InChI is InChI=1S/C26H37NO7/c1-16-13-19-24(34-22(29)9-7-17-6-8-20(28)21(14-17)33-2)23(30)18-5-3-11-27(32)12-4-10-26(19,31)25(18,27)15-16/h6,8,14,16,18-19,23-24,28,30-31H,3-5,7,9-13,15H2,1-2H3/t16-,18-,19+,23+,24+,25+,26+,27?/m1/s1. The van der Waals surface area contributed by atoms with Crippen LogP contribution >= 0.6 is 0 Å². The van der Waals surface area contributed by atoms with Crippen LogP contribution in [-0.2, 0) is 16.0 Å².